The molecule has 1 aliphatic heterocycles. The van der Waals surface area contributed by atoms with Crippen molar-refractivity contribution in [3.63, 3.8) is 0 Å². The minimum Gasteiger partial charge on any atom is -0.507 e. The van der Waals surface area contributed by atoms with E-state index in [1.165, 1.54) is 33.8 Å². The SMILES string of the molecule is O=C(Nc1nc2ccccc2s1)c1cc(S(=O)(=O)N2CCOCC2)ccc1O. The van der Waals surface area contributed by atoms with Gasteiger partial charge in [-0.2, -0.15) is 4.31 Å². The Bertz CT molecular complexity index is 1100. The molecule has 10 heteroatoms. The molecule has 0 aliphatic carbocycles. The smallest absolute Gasteiger partial charge is 0.261 e. The number of ether oxygens (including phenoxy) is 1. The van der Waals surface area contributed by atoms with Crippen LogP contribution in [0.2, 0.25) is 0 Å². The standard InChI is InChI=1S/C18H17N3O5S2/c22-15-6-5-12(28(24,25)21-7-9-26-10-8-21)11-13(15)17(23)20-18-19-14-3-1-2-4-16(14)27-18/h1-6,11,22H,7-10H2,(H,19,20,23). The van der Waals surface area contributed by atoms with E-state index < -0.39 is 15.9 Å². The third kappa shape index (κ3) is 3.59. The number of nitrogens with zero attached hydrogens (tertiary/aromatic N) is 2. The molecular formula is C18H17N3O5S2. The van der Waals surface area contributed by atoms with Crippen LogP contribution in [0.15, 0.2) is 47.4 Å². The number of para-hydroxylation sites is 1. The van der Waals surface area contributed by atoms with Crippen molar-refractivity contribution in [1.82, 2.24) is 9.29 Å². The Hall–Kier alpha value is -2.53. The predicted molar refractivity (Wildman–Crippen MR) is 105 cm³/mol. The number of nitrogens with one attached hydrogen (secondary N) is 1. The van der Waals surface area contributed by atoms with Gasteiger partial charge in [-0.3, -0.25) is 10.1 Å². The number of anilines is 1. The maximum Gasteiger partial charge on any atom is 0.261 e. The molecule has 2 aromatic carbocycles. The van der Waals surface area contributed by atoms with Crippen molar-refractivity contribution >= 4 is 42.6 Å². The van der Waals surface area contributed by atoms with Gasteiger partial charge in [-0.1, -0.05) is 23.5 Å². The number of fused-ring (bicyclic) bond motifs is 1. The number of morpholine rings is 1. The summed E-state index contributed by atoms with van der Waals surface area (Å²) in [6.07, 6.45) is 0. The van der Waals surface area contributed by atoms with Crippen LogP contribution in [0.4, 0.5) is 5.13 Å². The van der Waals surface area contributed by atoms with Gasteiger partial charge in [0.05, 0.1) is 33.9 Å². The molecule has 0 spiro atoms. The van der Waals surface area contributed by atoms with E-state index in [9.17, 15) is 18.3 Å². The van der Waals surface area contributed by atoms with Gasteiger partial charge < -0.3 is 9.84 Å². The lowest BCUT2D eigenvalue weighted by Gasteiger charge is -2.26. The van der Waals surface area contributed by atoms with Gasteiger partial charge in [0.1, 0.15) is 5.75 Å². The second kappa shape index (κ2) is 7.47. The van der Waals surface area contributed by atoms with Gasteiger partial charge in [0.15, 0.2) is 5.13 Å². The second-order valence-corrected chi connectivity index (χ2v) is 9.10. The number of amides is 1. The first-order valence-electron chi connectivity index (χ1n) is 8.53. The summed E-state index contributed by atoms with van der Waals surface area (Å²) in [4.78, 5) is 16.9. The molecule has 4 rings (SSSR count). The van der Waals surface area contributed by atoms with Gasteiger partial charge in [-0.25, -0.2) is 13.4 Å². The van der Waals surface area contributed by atoms with E-state index in [-0.39, 0.29) is 29.3 Å². The Morgan fingerprint density at radius 1 is 1.18 bits per heavy atom. The highest BCUT2D eigenvalue weighted by molar-refractivity contribution is 7.89. The zero-order valence-corrected chi connectivity index (χ0v) is 16.3. The molecular weight excluding hydrogens is 402 g/mol. The van der Waals surface area contributed by atoms with Crippen LogP contribution >= 0.6 is 11.3 Å². The van der Waals surface area contributed by atoms with Crippen LogP contribution in [0.1, 0.15) is 10.4 Å². The van der Waals surface area contributed by atoms with Crippen LogP contribution in [0, 0.1) is 0 Å². The average Bonchev–Trinajstić information content (AvgIpc) is 3.11. The summed E-state index contributed by atoms with van der Waals surface area (Å²) in [6, 6.07) is 11.1. The number of phenolic OH excluding ortho intramolecular Hbond substituents is 1. The van der Waals surface area contributed by atoms with E-state index in [2.05, 4.69) is 10.3 Å². The Balaban J connectivity index is 1.62. The summed E-state index contributed by atoms with van der Waals surface area (Å²) in [6.45, 7) is 1.14. The first kappa shape index (κ1) is 18.8. The fourth-order valence-corrected chi connectivity index (χ4v) is 5.18. The molecule has 146 valence electrons. The molecule has 1 saturated heterocycles. The molecule has 0 unspecified atom stereocenters. The molecule has 1 amide bonds. The molecule has 8 nitrogen and oxygen atoms in total. The third-order valence-electron chi connectivity index (χ3n) is 4.33. The minimum atomic E-state index is -3.78. The van der Waals surface area contributed by atoms with Crippen LogP contribution in [0.25, 0.3) is 10.2 Å². The number of aromatic nitrogens is 1. The maximum atomic E-state index is 12.8. The molecule has 28 heavy (non-hydrogen) atoms. The number of benzene rings is 2. The topological polar surface area (TPSA) is 109 Å². The number of sulfonamides is 1. The summed E-state index contributed by atoms with van der Waals surface area (Å²) in [5.74, 6) is -0.935. The molecule has 0 atom stereocenters. The highest BCUT2D eigenvalue weighted by Gasteiger charge is 2.28. The van der Waals surface area contributed by atoms with Crippen LogP contribution in [0.3, 0.4) is 0 Å². The van der Waals surface area contributed by atoms with E-state index in [1.54, 1.807) is 0 Å². The third-order valence-corrected chi connectivity index (χ3v) is 7.18. The van der Waals surface area contributed by atoms with Gasteiger partial charge in [-0.15, -0.1) is 0 Å². The van der Waals surface area contributed by atoms with Crippen LogP contribution in [-0.2, 0) is 14.8 Å². The average molecular weight is 419 g/mol. The number of carbonyl (C=O) groups is 1. The van der Waals surface area contributed by atoms with E-state index >= 15 is 0 Å². The van der Waals surface area contributed by atoms with Crippen molar-refractivity contribution in [2.24, 2.45) is 0 Å². The van der Waals surface area contributed by atoms with Crippen molar-refractivity contribution in [2.75, 3.05) is 31.6 Å². The molecule has 3 aromatic rings. The van der Waals surface area contributed by atoms with Crippen LogP contribution < -0.4 is 5.32 Å². The van der Waals surface area contributed by atoms with Crippen molar-refractivity contribution in [3.05, 3.63) is 48.0 Å². The summed E-state index contributed by atoms with van der Waals surface area (Å²) >= 11 is 1.29. The van der Waals surface area contributed by atoms with Gasteiger partial charge in [0, 0.05) is 13.1 Å². The summed E-state index contributed by atoms with van der Waals surface area (Å²) in [5.41, 5.74) is 0.615. The normalized spacial score (nSPS) is 15.6. The fourth-order valence-electron chi connectivity index (χ4n) is 2.88. The monoisotopic (exact) mass is 419 g/mol. The minimum absolute atomic E-state index is 0.0540. The van der Waals surface area contributed by atoms with E-state index in [0.29, 0.717) is 18.3 Å². The Morgan fingerprint density at radius 3 is 2.68 bits per heavy atom. The van der Waals surface area contributed by atoms with E-state index in [4.69, 9.17) is 4.74 Å². The zero-order valence-electron chi connectivity index (χ0n) is 14.7. The van der Waals surface area contributed by atoms with Crippen LogP contribution in [-0.4, -0.2) is 55.0 Å². The Labute approximate surface area is 165 Å². The molecule has 2 heterocycles. The zero-order chi connectivity index (χ0) is 19.7. The quantitative estimate of drug-likeness (QED) is 0.672. The number of phenols is 1. The Kier molecular flexibility index (Phi) is 5.02. The first-order valence-corrected chi connectivity index (χ1v) is 10.8. The Morgan fingerprint density at radius 2 is 1.93 bits per heavy atom. The largest absolute Gasteiger partial charge is 0.507 e. The first-order chi connectivity index (χ1) is 13.4. The van der Waals surface area contributed by atoms with E-state index in [0.717, 1.165) is 10.2 Å². The van der Waals surface area contributed by atoms with Crippen molar-refractivity contribution < 1.29 is 23.1 Å². The predicted octanol–water partition coefficient (Wildman–Crippen LogP) is 2.28. The number of carbonyl (C=O) groups excluding carboxylic acids is 1. The highest BCUT2D eigenvalue weighted by atomic mass is 32.2. The van der Waals surface area contributed by atoms with Crippen molar-refractivity contribution in [3.8, 4) is 5.75 Å². The number of aromatic hydroxyl groups is 1. The maximum absolute atomic E-state index is 12.8. The molecule has 1 aliphatic rings. The number of thiazole rings is 1. The van der Waals surface area contributed by atoms with Gasteiger partial charge in [-0.05, 0) is 30.3 Å². The lowest BCUT2D eigenvalue weighted by molar-refractivity contribution is 0.0730. The molecule has 0 radical (unpaired) electrons. The van der Waals surface area contributed by atoms with Gasteiger partial charge in [0.25, 0.3) is 5.91 Å². The van der Waals surface area contributed by atoms with Gasteiger partial charge >= 0.3 is 0 Å². The lowest BCUT2D eigenvalue weighted by atomic mass is 10.2. The molecule has 1 fully saturated rings. The second-order valence-electron chi connectivity index (χ2n) is 6.14. The fraction of sp³-hybridized carbons (Fsp3) is 0.222. The highest BCUT2D eigenvalue weighted by Crippen LogP contribution is 2.28. The number of rotatable bonds is 4. The summed E-state index contributed by atoms with van der Waals surface area (Å²) in [5, 5.41) is 13.1. The van der Waals surface area contributed by atoms with Crippen molar-refractivity contribution in [1.29, 1.82) is 0 Å². The van der Waals surface area contributed by atoms with Gasteiger partial charge in [0.2, 0.25) is 10.0 Å². The number of hydrogen-bond acceptors (Lipinski definition) is 7. The molecule has 0 saturated carbocycles. The lowest BCUT2D eigenvalue weighted by Crippen LogP contribution is -2.40. The molecule has 2 N–H and O–H groups in total. The molecule has 1 aromatic heterocycles. The number of hydrogen-bond donors (Lipinski definition) is 2. The molecule has 0 bridgehead atoms. The van der Waals surface area contributed by atoms with Crippen molar-refractivity contribution in [2.45, 2.75) is 4.90 Å². The summed E-state index contributed by atoms with van der Waals surface area (Å²) < 4.78 is 33.0. The summed E-state index contributed by atoms with van der Waals surface area (Å²) in [7, 11) is -3.78. The van der Waals surface area contributed by atoms with Crippen LogP contribution in [0.5, 0.6) is 5.75 Å². The van der Waals surface area contributed by atoms with E-state index in [1.807, 2.05) is 24.3 Å².